The summed E-state index contributed by atoms with van der Waals surface area (Å²) in [4.78, 5) is 14.9. The van der Waals surface area contributed by atoms with E-state index < -0.39 is 11.6 Å². The van der Waals surface area contributed by atoms with E-state index in [4.69, 9.17) is 14.2 Å². The zero-order valence-corrected chi connectivity index (χ0v) is 30.8. The topological polar surface area (TPSA) is 70.2 Å². The van der Waals surface area contributed by atoms with Crippen molar-refractivity contribution >= 4 is 16.8 Å². The summed E-state index contributed by atoms with van der Waals surface area (Å²) in [5.41, 5.74) is 6.28. The van der Waals surface area contributed by atoms with E-state index >= 15 is 0 Å². The predicted molar refractivity (Wildman–Crippen MR) is 191 cm³/mol. The van der Waals surface area contributed by atoms with Crippen LogP contribution in [0.25, 0.3) is 22.2 Å². The summed E-state index contributed by atoms with van der Waals surface area (Å²) in [7, 11) is 1.85. The first kappa shape index (κ1) is 39.1. The summed E-state index contributed by atoms with van der Waals surface area (Å²) in [5, 5.41) is 4.18. The number of carbonyl (C=O) groups excluding carboxylic acids is 1. The number of hydrogen-bond acceptors (Lipinski definition) is 5. The van der Waals surface area contributed by atoms with Gasteiger partial charge in [-0.05, 0) is 114 Å². The van der Waals surface area contributed by atoms with Gasteiger partial charge in [-0.3, -0.25) is 0 Å². The predicted octanol–water partition coefficient (Wildman–Crippen LogP) is 11.3. The summed E-state index contributed by atoms with van der Waals surface area (Å²) in [6, 6.07) is 11.1. The Morgan fingerprint density at radius 2 is 1.62 bits per heavy atom. The number of hydrogen-bond donors (Lipinski definition) is 0. The molecule has 4 aromatic rings. The van der Waals surface area contributed by atoms with Gasteiger partial charge >= 0.3 is 0 Å². The lowest BCUT2D eigenvalue weighted by Gasteiger charge is -2.32. The van der Waals surface area contributed by atoms with Crippen molar-refractivity contribution in [3.8, 4) is 11.1 Å². The molecule has 0 amide bonds. The molecule has 48 heavy (non-hydrogen) atoms. The Morgan fingerprint density at radius 3 is 2.15 bits per heavy atom. The van der Waals surface area contributed by atoms with Crippen LogP contribution >= 0.6 is 0 Å². The highest BCUT2D eigenvalue weighted by atomic mass is 19.2. The number of imidazole rings is 1. The van der Waals surface area contributed by atoms with Crippen LogP contribution in [0.4, 0.5) is 8.78 Å². The van der Waals surface area contributed by atoms with Crippen LogP contribution in [-0.2, 0) is 9.53 Å². The van der Waals surface area contributed by atoms with Crippen LogP contribution in [0, 0.1) is 44.2 Å². The molecule has 1 saturated carbocycles. The summed E-state index contributed by atoms with van der Waals surface area (Å²) < 4.78 is 38.1. The normalized spacial score (nSPS) is 17.9. The van der Waals surface area contributed by atoms with Gasteiger partial charge in [-0.15, -0.1) is 0 Å². The molecule has 6 nitrogen and oxygen atoms in total. The fraction of sp³-hybridized carbons (Fsp3) is 0.575. The molecule has 0 N–H and O–H groups in total. The van der Waals surface area contributed by atoms with Crippen molar-refractivity contribution in [1.29, 1.82) is 0 Å². The van der Waals surface area contributed by atoms with Crippen LogP contribution in [-0.4, -0.2) is 33.7 Å². The molecule has 5 rings (SSSR count). The monoisotopic (exact) mass is 665 g/mol. The number of carbonyl (C=O) groups is 1. The molecule has 3 atom stereocenters. The molecule has 2 aromatic carbocycles. The van der Waals surface area contributed by atoms with Crippen molar-refractivity contribution in [1.82, 2.24) is 14.7 Å². The average Bonchev–Trinajstić information content (AvgIpc) is 3.60. The standard InChI is InChI=1S/C30H45N3O2.C7H6F2.C3H6O/c1-8-19(3)10-16-26(20(4)9-2)30-31-27-18-23(29-21(5)32-35-22(29)6)11-17-28(27)33(30)24-12-14-25(34-7)15-13-24;1-5-2-3-6(8)7(9)4-5;1-3(2)4/h11,17-20,24-26H,8-10,12-16H2,1-7H3;2-4H,1H3;1-2H3/t19-,20-,24?,25?,26?;;/m1../s1. The Labute approximate surface area is 286 Å². The first-order valence-electron chi connectivity index (χ1n) is 17.7. The molecule has 264 valence electrons. The average molecular weight is 666 g/mol. The number of methoxy groups -OCH3 is 1. The molecule has 1 aliphatic rings. The number of rotatable bonds is 10. The van der Waals surface area contributed by atoms with Crippen LogP contribution in [0.15, 0.2) is 40.9 Å². The molecule has 0 aliphatic heterocycles. The third-order valence-corrected chi connectivity index (χ3v) is 9.79. The second-order valence-corrected chi connectivity index (χ2v) is 13.8. The lowest BCUT2D eigenvalue weighted by atomic mass is 9.84. The first-order valence-corrected chi connectivity index (χ1v) is 17.7. The summed E-state index contributed by atoms with van der Waals surface area (Å²) in [6.45, 7) is 18.2. The van der Waals surface area contributed by atoms with E-state index in [2.05, 4.69) is 55.6 Å². The fourth-order valence-electron chi connectivity index (χ4n) is 6.57. The second kappa shape index (κ2) is 18.4. The number of aryl methyl sites for hydroxylation is 3. The third-order valence-electron chi connectivity index (χ3n) is 9.79. The SMILES string of the molecule is CC(C)=O.CC[C@@H](C)CCC(c1nc2cc(-c3c(C)noc3C)ccc2n1C1CCC(OC)CC1)[C@H](C)CC.Cc1ccc(F)c(F)c1. The Kier molecular flexibility index (Phi) is 15.0. The molecule has 8 heteroatoms. The maximum atomic E-state index is 12.2. The van der Waals surface area contributed by atoms with E-state index in [0.29, 0.717) is 24.0 Å². The molecular formula is C40H57F2N3O3. The number of nitrogens with zero attached hydrogens (tertiary/aromatic N) is 3. The van der Waals surface area contributed by atoms with Crippen LogP contribution in [0.5, 0.6) is 0 Å². The van der Waals surface area contributed by atoms with Gasteiger partial charge in [-0.1, -0.05) is 64.2 Å². The molecule has 0 bridgehead atoms. The molecule has 1 fully saturated rings. The van der Waals surface area contributed by atoms with Crippen LogP contribution < -0.4 is 0 Å². The second-order valence-electron chi connectivity index (χ2n) is 13.8. The molecule has 2 heterocycles. The van der Waals surface area contributed by atoms with Crippen LogP contribution in [0.1, 0.15) is 128 Å². The van der Waals surface area contributed by atoms with Gasteiger partial charge in [0, 0.05) is 24.6 Å². The summed E-state index contributed by atoms with van der Waals surface area (Å²) >= 11 is 0. The van der Waals surface area contributed by atoms with Crippen molar-refractivity contribution in [2.24, 2.45) is 11.8 Å². The fourth-order valence-corrected chi connectivity index (χ4v) is 6.57. The largest absolute Gasteiger partial charge is 0.381 e. The molecular weight excluding hydrogens is 608 g/mol. The van der Waals surface area contributed by atoms with Gasteiger partial charge in [0.15, 0.2) is 11.6 Å². The van der Waals surface area contributed by atoms with E-state index in [1.807, 2.05) is 21.0 Å². The van der Waals surface area contributed by atoms with Gasteiger partial charge in [-0.2, -0.15) is 0 Å². The minimum Gasteiger partial charge on any atom is -0.381 e. The minimum atomic E-state index is -0.791. The summed E-state index contributed by atoms with van der Waals surface area (Å²) in [5.74, 6) is 2.59. The Morgan fingerprint density at radius 1 is 0.958 bits per heavy atom. The molecule has 1 unspecified atom stereocenters. The van der Waals surface area contributed by atoms with Gasteiger partial charge in [-0.25, -0.2) is 13.8 Å². The quantitative estimate of drug-likeness (QED) is 0.169. The highest BCUT2D eigenvalue weighted by molar-refractivity contribution is 5.84. The van der Waals surface area contributed by atoms with Gasteiger partial charge in [0.05, 0.1) is 22.8 Å². The highest BCUT2D eigenvalue weighted by Gasteiger charge is 2.31. The van der Waals surface area contributed by atoms with Gasteiger partial charge < -0.3 is 18.6 Å². The lowest BCUT2D eigenvalue weighted by molar-refractivity contribution is -0.115. The number of ketones is 1. The zero-order chi connectivity index (χ0) is 35.5. The van der Waals surface area contributed by atoms with Crippen molar-refractivity contribution in [2.75, 3.05) is 7.11 Å². The van der Waals surface area contributed by atoms with E-state index in [1.54, 1.807) is 6.92 Å². The van der Waals surface area contributed by atoms with E-state index in [-0.39, 0.29) is 5.78 Å². The van der Waals surface area contributed by atoms with Crippen LogP contribution in [0.3, 0.4) is 0 Å². The van der Waals surface area contributed by atoms with Crippen molar-refractivity contribution in [3.05, 3.63) is 70.9 Å². The molecule has 2 aromatic heterocycles. The van der Waals surface area contributed by atoms with Crippen molar-refractivity contribution in [3.63, 3.8) is 0 Å². The van der Waals surface area contributed by atoms with E-state index in [9.17, 15) is 13.6 Å². The first-order chi connectivity index (χ1) is 22.8. The molecule has 0 spiro atoms. The maximum Gasteiger partial charge on any atom is 0.159 e. The van der Waals surface area contributed by atoms with Gasteiger partial charge in [0.25, 0.3) is 0 Å². The van der Waals surface area contributed by atoms with E-state index in [0.717, 1.165) is 77.4 Å². The molecule has 0 saturated heterocycles. The smallest absolute Gasteiger partial charge is 0.159 e. The van der Waals surface area contributed by atoms with Crippen LogP contribution in [0.2, 0.25) is 0 Å². The van der Waals surface area contributed by atoms with Gasteiger partial charge in [0.2, 0.25) is 0 Å². The Bertz CT molecular complexity index is 1580. The molecule has 0 radical (unpaired) electrons. The third kappa shape index (κ3) is 10.3. The highest BCUT2D eigenvalue weighted by Crippen LogP contribution is 2.41. The number of halogens is 2. The summed E-state index contributed by atoms with van der Waals surface area (Å²) in [6.07, 6.45) is 9.83. The number of fused-ring (bicyclic) bond motifs is 1. The lowest BCUT2D eigenvalue weighted by Crippen LogP contribution is -2.25. The maximum absolute atomic E-state index is 12.2. The minimum absolute atomic E-state index is 0.167. The Hall–Kier alpha value is -3.39. The van der Waals surface area contributed by atoms with Crippen molar-refractivity contribution in [2.45, 2.75) is 132 Å². The number of Topliss-reactive ketones (excluding diaryl/α,β-unsaturated/α-hetero) is 1. The zero-order valence-electron chi connectivity index (χ0n) is 30.8. The number of aromatic nitrogens is 3. The van der Waals surface area contributed by atoms with E-state index in [1.165, 1.54) is 56.9 Å². The van der Waals surface area contributed by atoms with Crippen molar-refractivity contribution < 1.29 is 22.8 Å². The number of benzene rings is 2. The number of ether oxygens (including phenoxy) is 1. The molecule has 1 aliphatic carbocycles. The van der Waals surface area contributed by atoms with Gasteiger partial charge in [0.1, 0.15) is 17.4 Å². The Balaban J connectivity index is 0.000000403.